The molecule has 9 heteroatoms. The van der Waals surface area contributed by atoms with Crippen molar-refractivity contribution in [1.82, 2.24) is 15.2 Å². The number of rotatable bonds is 6. The number of hydrazone groups is 1. The number of nitrogens with zero attached hydrogens (tertiary/aromatic N) is 2. The fourth-order valence-electron chi connectivity index (χ4n) is 2.87. The lowest BCUT2D eigenvalue weighted by molar-refractivity contribution is 0.325. The van der Waals surface area contributed by atoms with Crippen LogP contribution in [-0.4, -0.2) is 30.7 Å². The number of amidine groups is 1. The van der Waals surface area contributed by atoms with E-state index in [2.05, 4.69) is 20.7 Å². The minimum atomic E-state index is -3.81. The number of hydrogen-bond acceptors (Lipinski definition) is 7. The summed E-state index contributed by atoms with van der Waals surface area (Å²) in [6.07, 6.45) is -0.921. The Balaban J connectivity index is 1.66. The third-order valence-electron chi connectivity index (χ3n) is 4.27. The van der Waals surface area contributed by atoms with Crippen LogP contribution in [0.4, 0.5) is 5.69 Å². The molecule has 4 rings (SSSR count). The lowest BCUT2D eigenvalue weighted by Crippen LogP contribution is -2.54. The molecule has 1 aliphatic rings. The summed E-state index contributed by atoms with van der Waals surface area (Å²) < 4.78 is 28.2. The molecule has 0 aliphatic carbocycles. The van der Waals surface area contributed by atoms with Gasteiger partial charge in [0.15, 0.2) is 5.84 Å². The fourth-order valence-corrected chi connectivity index (χ4v) is 3.98. The summed E-state index contributed by atoms with van der Waals surface area (Å²) in [4.78, 5) is 0.137. The topological polar surface area (TPSA) is 106 Å². The highest BCUT2D eigenvalue weighted by Crippen LogP contribution is 2.23. The van der Waals surface area contributed by atoms with Gasteiger partial charge in [-0.25, -0.2) is 13.4 Å². The van der Waals surface area contributed by atoms with Gasteiger partial charge in [-0.1, -0.05) is 48.5 Å². The van der Waals surface area contributed by atoms with Crippen LogP contribution < -0.4 is 15.6 Å². The van der Waals surface area contributed by atoms with Gasteiger partial charge in [0.1, 0.15) is 5.75 Å². The quantitative estimate of drug-likeness (QED) is 0.498. The highest BCUT2D eigenvalue weighted by atomic mass is 32.2. The molecule has 0 fully saturated rings. The predicted octanol–water partition coefficient (Wildman–Crippen LogP) is 2.25. The highest BCUT2D eigenvalue weighted by molar-refractivity contribution is 7.89. The number of nitrogens with one attached hydrogen (secondary N) is 3. The molecule has 148 valence electrons. The number of aromatic hydroxyl groups is 1. The minimum absolute atomic E-state index is 0.0273. The third kappa shape index (κ3) is 4.00. The van der Waals surface area contributed by atoms with Gasteiger partial charge >= 0.3 is 0 Å². The average Bonchev–Trinajstić information content (AvgIpc) is 3.11. The number of benzene rings is 3. The van der Waals surface area contributed by atoms with E-state index in [1.54, 1.807) is 42.5 Å². The molecule has 0 amide bonds. The second-order valence-corrected chi connectivity index (χ2v) is 7.98. The van der Waals surface area contributed by atoms with Crippen molar-refractivity contribution in [2.45, 2.75) is 11.2 Å². The maximum absolute atomic E-state index is 12.8. The molecule has 1 heterocycles. The van der Waals surface area contributed by atoms with E-state index < -0.39 is 16.3 Å². The second kappa shape index (κ2) is 7.82. The van der Waals surface area contributed by atoms with Crippen molar-refractivity contribution in [2.75, 3.05) is 5.43 Å². The Bertz CT molecular complexity index is 1120. The molecule has 0 unspecified atom stereocenters. The summed E-state index contributed by atoms with van der Waals surface area (Å²) in [6.45, 7) is 0. The van der Waals surface area contributed by atoms with Crippen molar-refractivity contribution in [3.63, 3.8) is 0 Å². The zero-order chi connectivity index (χ0) is 20.3. The number of phenols is 1. The van der Waals surface area contributed by atoms with Gasteiger partial charge in [-0.05, 0) is 36.4 Å². The molecule has 8 nitrogen and oxygen atoms in total. The first-order valence-electron chi connectivity index (χ1n) is 8.84. The lowest BCUT2D eigenvalue weighted by Gasteiger charge is -2.28. The van der Waals surface area contributed by atoms with Crippen LogP contribution in [0.1, 0.15) is 5.56 Å². The van der Waals surface area contributed by atoms with E-state index in [1.165, 1.54) is 17.1 Å². The van der Waals surface area contributed by atoms with E-state index in [-0.39, 0.29) is 10.6 Å². The Morgan fingerprint density at radius 1 is 0.897 bits per heavy atom. The fraction of sp³-hybridized carbons (Fsp3) is 0.0500. The number of hydrogen-bond donors (Lipinski definition) is 4. The van der Waals surface area contributed by atoms with Gasteiger partial charge in [0.25, 0.3) is 0 Å². The molecular weight excluding hydrogens is 390 g/mol. The first kappa shape index (κ1) is 18.8. The van der Waals surface area contributed by atoms with Crippen LogP contribution in [0.2, 0.25) is 0 Å². The van der Waals surface area contributed by atoms with Crippen LogP contribution in [0.3, 0.4) is 0 Å². The molecule has 0 bridgehead atoms. The monoisotopic (exact) mass is 409 g/mol. The predicted molar refractivity (Wildman–Crippen MR) is 110 cm³/mol. The molecule has 1 aliphatic heterocycles. The number of hydrazine groups is 1. The first-order chi connectivity index (χ1) is 14.0. The SMILES string of the molecule is O=S(=O)(N[C@H]1NN=C(c2ccccc2O)N1Nc1ccccc1)c1ccccc1. The zero-order valence-corrected chi connectivity index (χ0v) is 16.0. The minimum Gasteiger partial charge on any atom is -0.507 e. The van der Waals surface area contributed by atoms with Crippen LogP contribution in [0.25, 0.3) is 0 Å². The molecule has 0 radical (unpaired) electrons. The Labute approximate surface area is 168 Å². The van der Waals surface area contributed by atoms with Gasteiger partial charge in [-0.3, -0.25) is 10.9 Å². The Kier molecular flexibility index (Phi) is 5.07. The molecule has 1 atom stereocenters. The smallest absolute Gasteiger partial charge is 0.243 e. The maximum Gasteiger partial charge on any atom is 0.243 e. The average molecular weight is 409 g/mol. The Morgan fingerprint density at radius 3 is 2.21 bits per heavy atom. The van der Waals surface area contributed by atoms with Crippen LogP contribution in [0, 0.1) is 0 Å². The van der Waals surface area contributed by atoms with Crippen molar-refractivity contribution in [1.29, 1.82) is 0 Å². The Hall–Kier alpha value is -3.56. The molecule has 0 aromatic heterocycles. The van der Waals surface area contributed by atoms with Gasteiger partial charge in [0.2, 0.25) is 16.3 Å². The van der Waals surface area contributed by atoms with Crippen molar-refractivity contribution in [2.24, 2.45) is 5.10 Å². The first-order valence-corrected chi connectivity index (χ1v) is 10.3. The molecule has 4 N–H and O–H groups in total. The summed E-state index contributed by atoms with van der Waals surface area (Å²) in [7, 11) is -3.81. The van der Waals surface area contributed by atoms with Crippen LogP contribution in [-0.2, 0) is 10.0 Å². The van der Waals surface area contributed by atoms with Crippen LogP contribution in [0.5, 0.6) is 5.75 Å². The van der Waals surface area contributed by atoms with Crippen molar-refractivity contribution in [3.05, 3.63) is 90.5 Å². The summed E-state index contributed by atoms with van der Waals surface area (Å²) in [6, 6.07) is 24.0. The number of phenolic OH excluding ortho intramolecular Hbond substituents is 1. The summed E-state index contributed by atoms with van der Waals surface area (Å²) in [5.74, 6) is 0.368. The van der Waals surface area contributed by atoms with Gasteiger partial charge in [-0.2, -0.15) is 9.82 Å². The summed E-state index contributed by atoms with van der Waals surface area (Å²) >= 11 is 0. The van der Waals surface area contributed by atoms with Gasteiger partial charge in [0.05, 0.1) is 16.1 Å². The molecular formula is C20H19N5O3S. The summed E-state index contributed by atoms with van der Waals surface area (Å²) in [5, 5.41) is 16.0. The molecule has 3 aromatic rings. The largest absolute Gasteiger partial charge is 0.507 e. The molecule has 0 saturated heterocycles. The lowest BCUT2D eigenvalue weighted by atomic mass is 10.2. The number of anilines is 1. The molecule has 29 heavy (non-hydrogen) atoms. The van der Waals surface area contributed by atoms with Crippen molar-refractivity contribution in [3.8, 4) is 5.75 Å². The molecule has 0 spiro atoms. The van der Waals surface area contributed by atoms with E-state index in [0.29, 0.717) is 11.4 Å². The Morgan fingerprint density at radius 2 is 1.52 bits per heavy atom. The van der Waals surface area contributed by atoms with E-state index in [1.807, 2.05) is 30.3 Å². The molecule has 0 saturated carbocycles. The van der Waals surface area contributed by atoms with Gasteiger partial charge in [0, 0.05) is 0 Å². The zero-order valence-electron chi connectivity index (χ0n) is 15.2. The van der Waals surface area contributed by atoms with Crippen LogP contribution in [0.15, 0.2) is 94.9 Å². The van der Waals surface area contributed by atoms with Gasteiger partial charge < -0.3 is 5.11 Å². The number of sulfonamides is 1. The van der Waals surface area contributed by atoms with Crippen molar-refractivity contribution >= 4 is 21.5 Å². The molecule has 3 aromatic carbocycles. The maximum atomic E-state index is 12.8. The van der Waals surface area contributed by atoms with Crippen molar-refractivity contribution < 1.29 is 13.5 Å². The van der Waals surface area contributed by atoms with Gasteiger partial charge in [-0.15, -0.1) is 0 Å². The number of para-hydroxylation sites is 2. The van der Waals surface area contributed by atoms with E-state index >= 15 is 0 Å². The second-order valence-electron chi connectivity index (χ2n) is 6.27. The van der Waals surface area contributed by atoms with E-state index in [9.17, 15) is 13.5 Å². The van der Waals surface area contributed by atoms with E-state index in [4.69, 9.17) is 0 Å². The normalized spacial score (nSPS) is 16.2. The third-order valence-corrected chi connectivity index (χ3v) is 5.69. The standard InChI is InChI=1S/C20H19N5O3S/c26-18-14-8-7-13-17(18)19-21-22-20(25(19)23-15-9-3-1-4-10-15)24-29(27,28)16-11-5-2-6-12-16/h1-14,20,22-24,26H/t20-/m1/s1. The highest BCUT2D eigenvalue weighted by Gasteiger charge is 2.33. The van der Waals surface area contributed by atoms with Crippen LogP contribution >= 0.6 is 0 Å². The summed E-state index contributed by atoms with van der Waals surface area (Å²) in [5.41, 5.74) is 7.10. The van der Waals surface area contributed by atoms with E-state index in [0.717, 1.165) is 5.69 Å².